The first kappa shape index (κ1) is 35.2. The number of carbonyl (C=O) groups excluding carboxylic acids is 2. The molecule has 0 aliphatic heterocycles. The Hall–Kier alpha value is -4.12. The number of hydrogen-bond donors (Lipinski definition) is 1. The van der Waals surface area contributed by atoms with Gasteiger partial charge in [0.25, 0.3) is 10.0 Å². The summed E-state index contributed by atoms with van der Waals surface area (Å²) in [4.78, 5) is 30.0. The van der Waals surface area contributed by atoms with Gasteiger partial charge in [-0.05, 0) is 84.6 Å². The molecule has 5 rings (SSSR count). The summed E-state index contributed by atoms with van der Waals surface area (Å²) in [7, 11) is -2.91. The summed E-state index contributed by atoms with van der Waals surface area (Å²) < 4.78 is 48.4. The third-order valence-electron chi connectivity index (χ3n) is 8.37. The Morgan fingerprint density at radius 3 is 2.23 bits per heavy atom. The van der Waals surface area contributed by atoms with Crippen LogP contribution < -0.4 is 14.4 Å². The molecule has 1 fully saturated rings. The number of anilines is 1. The zero-order valence-electron chi connectivity index (χ0n) is 26.3. The first-order valence-corrected chi connectivity index (χ1v) is 17.7. The van der Waals surface area contributed by atoms with E-state index in [1.54, 1.807) is 18.2 Å². The molecule has 0 spiro atoms. The molecule has 48 heavy (non-hydrogen) atoms. The molecule has 1 saturated carbocycles. The number of nitrogens with one attached hydrogen (secondary N) is 1. The number of sulfonamides is 1. The van der Waals surface area contributed by atoms with Gasteiger partial charge in [0.1, 0.15) is 24.2 Å². The second kappa shape index (κ2) is 15.9. The van der Waals surface area contributed by atoms with Crippen LogP contribution in [0.2, 0.25) is 10.0 Å². The van der Waals surface area contributed by atoms with E-state index in [9.17, 15) is 22.4 Å². The van der Waals surface area contributed by atoms with Gasteiger partial charge in [-0.15, -0.1) is 0 Å². The first-order chi connectivity index (χ1) is 23.0. The first-order valence-electron chi connectivity index (χ1n) is 15.5. The predicted molar refractivity (Wildman–Crippen MR) is 185 cm³/mol. The standard InChI is InChI=1S/C36H36Cl2FN3O5S/c1-47-31-17-19-32(20-18-31)48(45,46)42(30-15-13-28(39)14-16-30)24-35(43)41(23-26-11-12-27(37)22-33(26)38)34(21-25-7-3-2-4-8-25)36(44)40-29-9-5-6-10-29/h2-4,7-8,11-20,22,29,34H,5-6,9-10,21,23-24H2,1H3,(H,40,44). The molecule has 2 amide bonds. The summed E-state index contributed by atoms with van der Waals surface area (Å²) in [5.41, 5.74) is 1.40. The molecule has 0 heterocycles. The zero-order chi connectivity index (χ0) is 34.3. The van der Waals surface area contributed by atoms with Gasteiger partial charge in [0, 0.05) is 29.1 Å². The smallest absolute Gasteiger partial charge is 0.264 e. The van der Waals surface area contributed by atoms with Crippen molar-refractivity contribution in [1.29, 1.82) is 0 Å². The van der Waals surface area contributed by atoms with Crippen LogP contribution in [0.5, 0.6) is 5.75 Å². The van der Waals surface area contributed by atoms with Gasteiger partial charge in [0.2, 0.25) is 11.8 Å². The molecule has 1 aliphatic carbocycles. The number of nitrogens with zero attached hydrogens (tertiary/aromatic N) is 2. The van der Waals surface area contributed by atoms with Crippen LogP contribution in [0.15, 0.2) is 102 Å². The lowest BCUT2D eigenvalue weighted by atomic mass is 10.0. The summed E-state index contributed by atoms with van der Waals surface area (Å²) in [6, 6.07) is 23.6. The van der Waals surface area contributed by atoms with Crippen molar-refractivity contribution in [2.45, 2.75) is 55.6 Å². The molecular formula is C36H36Cl2FN3O5S. The van der Waals surface area contributed by atoms with Crippen molar-refractivity contribution in [3.63, 3.8) is 0 Å². The van der Waals surface area contributed by atoms with Crippen molar-refractivity contribution in [2.75, 3.05) is 18.0 Å². The number of hydrogen-bond acceptors (Lipinski definition) is 5. The predicted octanol–water partition coefficient (Wildman–Crippen LogP) is 7.04. The third kappa shape index (κ3) is 8.66. The Kier molecular flexibility index (Phi) is 11.6. The number of amides is 2. The van der Waals surface area contributed by atoms with Gasteiger partial charge in [-0.1, -0.05) is 72.4 Å². The number of rotatable bonds is 13. The SMILES string of the molecule is COc1ccc(S(=O)(=O)N(CC(=O)N(Cc2ccc(Cl)cc2Cl)C(Cc2ccccc2)C(=O)NC2CCCC2)c2ccc(F)cc2)cc1. The topological polar surface area (TPSA) is 96.0 Å². The molecule has 252 valence electrons. The van der Waals surface area contributed by atoms with Gasteiger partial charge in [-0.2, -0.15) is 0 Å². The van der Waals surface area contributed by atoms with Crippen molar-refractivity contribution >= 4 is 50.7 Å². The number of ether oxygens (including phenoxy) is 1. The molecule has 0 aromatic heterocycles. The highest BCUT2D eigenvalue weighted by Crippen LogP contribution is 2.28. The highest BCUT2D eigenvalue weighted by molar-refractivity contribution is 7.92. The molecule has 8 nitrogen and oxygen atoms in total. The van der Waals surface area contributed by atoms with E-state index in [2.05, 4.69) is 5.32 Å². The Bertz CT molecular complexity index is 1820. The number of halogens is 3. The lowest BCUT2D eigenvalue weighted by Crippen LogP contribution is -2.54. The fourth-order valence-corrected chi connectivity index (χ4v) is 7.65. The molecule has 1 atom stereocenters. The molecule has 12 heteroatoms. The fraction of sp³-hybridized carbons (Fsp3) is 0.278. The molecule has 1 unspecified atom stereocenters. The minimum atomic E-state index is -4.37. The van der Waals surface area contributed by atoms with E-state index < -0.39 is 34.3 Å². The van der Waals surface area contributed by atoms with Gasteiger partial charge in [0.15, 0.2) is 0 Å². The number of benzene rings is 4. The monoisotopic (exact) mass is 711 g/mol. The van der Waals surface area contributed by atoms with E-state index in [1.807, 2.05) is 30.3 Å². The summed E-state index contributed by atoms with van der Waals surface area (Å²) in [6.07, 6.45) is 3.82. The highest BCUT2D eigenvalue weighted by Gasteiger charge is 2.36. The number of methoxy groups -OCH3 is 1. The van der Waals surface area contributed by atoms with Crippen LogP contribution in [-0.2, 0) is 32.6 Å². The van der Waals surface area contributed by atoms with E-state index in [-0.39, 0.29) is 40.5 Å². The summed E-state index contributed by atoms with van der Waals surface area (Å²) in [6.45, 7) is -0.794. The summed E-state index contributed by atoms with van der Waals surface area (Å²) in [5, 5.41) is 3.82. The highest BCUT2D eigenvalue weighted by atomic mass is 35.5. The van der Waals surface area contributed by atoms with E-state index in [4.69, 9.17) is 27.9 Å². The summed E-state index contributed by atoms with van der Waals surface area (Å²) >= 11 is 12.7. The normalized spacial score (nSPS) is 13.9. The van der Waals surface area contributed by atoms with Gasteiger partial charge in [-0.3, -0.25) is 13.9 Å². The Balaban J connectivity index is 1.58. The van der Waals surface area contributed by atoms with Crippen molar-refractivity contribution in [2.24, 2.45) is 0 Å². The molecule has 0 saturated heterocycles. The van der Waals surface area contributed by atoms with Crippen LogP contribution in [0.25, 0.3) is 0 Å². The van der Waals surface area contributed by atoms with Gasteiger partial charge >= 0.3 is 0 Å². The maximum atomic E-state index is 14.6. The quantitative estimate of drug-likeness (QED) is 0.161. The maximum Gasteiger partial charge on any atom is 0.264 e. The van der Waals surface area contributed by atoms with Crippen LogP contribution in [0.4, 0.5) is 10.1 Å². The Labute approximate surface area is 290 Å². The van der Waals surface area contributed by atoms with Crippen molar-refractivity contribution in [3.8, 4) is 5.75 Å². The Morgan fingerprint density at radius 2 is 1.60 bits per heavy atom. The molecular weight excluding hydrogens is 676 g/mol. The average molecular weight is 713 g/mol. The second-order valence-corrected chi connectivity index (χ2v) is 14.3. The molecule has 0 radical (unpaired) electrons. The van der Waals surface area contributed by atoms with Crippen LogP contribution in [0.3, 0.4) is 0 Å². The molecule has 4 aromatic rings. The van der Waals surface area contributed by atoms with Gasteiger partial charge in [-0.25, -0.2) is 12.8 Å². The van der Waals surface area contributed by atoms with Crippen molar-refractivity contribution in [1.82, 2.24) is 10.2 Å². The lowest BCUT2D eigenvalue weighted by molar-refractivity contribution is -0.140. The van der Waals surface area contributed by atoms with Crippen LogP contribution >= 0.6 is 23.2 Å². The van der Waals surface area contributed by atoms with Crippen LogP contribution in [0, 0.1) is 5.82 Å². The molecule has 0 bridgehead atoms. The second-order valence-electron chi connectivity index (χ2n) is 11.6. The van der Waals surface area contributed by atoms with E-state index in [0.717, 1.165) is 47.7 Å². The van der Waals surface area contributed by atoms with Crippen LogP contribution in [-0.4, -0.2) is 50.9 Å². The minimum Gasteiger partial charge on any atom is -0.497 e. The van der Waals surface area contributed by atoms with Crippen molar-refractivity contribution in [3.05, 3.63) is 124 Å². The lowest BCUT2D eigenvalue weighted by Gasteiger charge is -2.34. The number of carbonyl (C=O) groups is 2. The molecule has 1 N–H and O–H groups in total. The third-order valence-corrected chi connectivity index (χ3v) is 10.7. The largest absolute Gasteiger partial charge is 0.497 e. The zero-order valence-corrected chi connectivity index (χ0v) is 28.6. The van der Waals surface area contributed by atoms with E-state index in [1.165, 1.54) is 48.4 Å². The summed E-state index contributed by atoms with van der Waals surface area (Å²) in [5.74, 6) is -1.14. The van der Waals surface area contributed by atoms with Crippen LogP contribution in [0.1, 0.15) is 36.8 Å². The molecule has 1 aliphatic rings. The van der Waals surface area contributed by atoms with Gasteiger partial charge < -0.3 is 15.0 Å². The minimum absolute atomic E-state index is 0.0296. The fourth-order valence-electron chi connectivity index (χ4n) is 5.77. The average Bonchev–Trinajstić information content (AvgIpc) is 3.60. The van der Waals surface area contributed by atoms with Gasteiger partial charge in [0.05, 0.1) is 17.7 Å². The van der Waals surface area contributed by atoms with Crippen molar-refractivity contribution < 1.29 is 27.1 Å². The Morgan fingerprint density at radius 1 is 0.938 bits per heavy atom. The van der Waals surface area contributed by atoms with E-state index >= 15 is 0 Å². The maximum absolute atomic E-state index is 14.6. The van der Waals surface area contributed by atoms with E-state index in [0.29, 0.717) is 16.3 Å². The molecule has 4 aromatic carbocycles.